The summed E-state index contributed by atoms with van der Waals surface area (Å²) >= 11 is 1.66. The lowest BCUT2D eigenvalue weighted by molar-refractivity contribution is -0.148. The van der Waals surface area contributed by atoms with Crippen molar-refractivity contribution >= 4 is 36.0 Å². The lowest BCUT2D eigenvalue weighted by Crippen LogP contribution is -2.53. The second kappa shape index (κ2) is 7.20. The van der Waals surface area contributed by atoms with Crippen LogP contribution in [-0.2, 0) is 9.59 Å². The molecule has 122 valence electrons. The van der Waals surface area contributed by atoms with E-state index in [9.17, 15) is 9.59 Å². The van der Waals surface area contributed by atoms with Crippen LogP contribution in [0.25, 0.3) is 0 Å². The van der Waals surface area contributed by atoms with Gasteiger partial charge < -0.3 is 15.1 Å². The first-order valence-corrected chi connectivity index (χ1v) is 8.34. The Balaban J connectivity index is 0.00000220. The fourth-order valence-corrected chi connectivity index (χ4v) is 3.81. The molecule has 0 radical (unpaired) electrons. The van der Waals surface area contributed by atoms with Crippen LogP contribution in [0, 0.1) is 5.41 Å². The van der Waals surface area contributed by atoms with Crippen molar-refractivity contribution in [2.45, 2.75) is 39.3 Å². The van der Waals surface area contributed by atoms with Crippen molar-refractivity contribution in [1.82, 2.24) is 15.1 Å². The summed E-state index contributed by atoms with van der Waals surface area (Å²) in [4.78, 5) is 28.7. The summed E-state index contributed by atoms with van der Waals surface area (Å²) in [5.74, 6) is 1.49. The second-order valence-corrected chi connectivity index (χ2v) is 7.64. The monoisotopic (exact) mass is 335 g/mol. The van der Waals surface area contributed by atoms with Crippen LogP contribution >= 0.6 is 24.2 Å². The van der Waals surface area contributed by atoms with Crippen LogP contribution in [0.3, 0.4) is 0 Å². The Morgan fingerprint density at radius 1 is 1.33 bits per heavy atom. The van der Waals surface area contributed by atoms with Gasteiger partial charge in [0.25, 0.3) is 0 Å². The Morgan fingerprint density at radius 2 is 2.00 bits per heavy atom. The van der Waals surface area contributed by atoms with E-state index in [-0.39, 0.29) is 36.3 Å². The zero-order chi connectivity index (χ0) is 14.9. The highest BCUT2D eigenvalue weighted by Gasteiger charge is 2.41. The molecule has 21 heavy (non-hydrogen) atoms. The first-order chi connectivity index (χ1) is 9.32. The lowest BCUT2D eigenvalue weighted by Gasteiger charge is -2.33. The topological polar surface area (TPSA) is 52.7 Å². The molecule has 2 atom stereocenters. The smallest absolute Gasteiger partial charge is 0.246 e. The molecule has 2 rings (SSSR count). The van der Waals surface area contributed by atoms with Crippen LogP contribution in [-0.4, -0.2) is 65.5 Å². The highest BCUT2D eigenvalue weighted by atomic mass is 35.5. The predicted octanol–water partition coefficient (Wildman–Crippen LogP) is 1.18. The number of hydrogen-bond acceptors (Lipinski definition) is 4. The van der Waals surface area contributed by atoms with Crippen molar-refractivity contribution in [2.75, 3.05) is 31.8 Å². The quantitative estimate of drug-likeness (QED) is 0.823. The first kappa shape index (κ1) is 18.6. The molecule has 5 nitrogen and oxygen atoms in total. The molecule has 0 bridgehead atoms. The first-order valence-electron chi connectivity index (χ1n) is 7.18. The lowest BCUT2D eigenvalue weighted by atomic mass is 9.94. The van der Waals surface area contributed by atoms with Gasteiger partial charge in [0.2, 0.25) is 11.8 Å². The maximum Gasteiger partial charge on any atom is 0.246 e. The Bertz CT molecular complexity index is 394. The molecule has 0 saturated carbocycles. The molecule has 2 fully saturated rings. The van der Waals surface area contributed by atoms with E-state index in [1.165, 1.54) is 0 Å². The average Bonchev–Trinajstić information content (AvgIpc) is 3.05. The van der Waals surface area contributed by atoms with Gasteiger partial charge in [-0.3, -0.25) is 9.59 Å². The number of nitrogens with zero attached hydrogens (tertiary/aromatic N) is 2. The molecule has 0 aromatic heterocycles. The molecule has 0 aliphatic carbocycles. The van der Waals surface area contributed by atoms with Gasteiger partial charge in [0.1, 0.15) is 6.04 Å². The van der Waals surface area contributed by atoms with Crippen LogP contribution in [0.5, 0.6) is 0 Å². The number of halogens is 1. The highest BCUT2D eigenvalue weighted by molar-refractivity contribution is 7.99. The molecule has 2 heterocycles. The molecule has 2 aliphatic rings. The van der Waals surface area contributed by atoms with Gasteiger partial charge in [-0.05, 0) is 13.0 Å². The van der Waals surface area contributed by atoms with Crippen LogP contribution in [0.15, 0.2) is 0 Å². The summed E-state index contributed by atoms with van der Waals surface area (Å²) < 4.78 is 0. The third kappa shape index (κ3) is 4.05. The Morgan fingerprint density at radius 3 is 2.52 bits per heavy atom. The minimum atomic E-state index is -0.434. The molecule has 2 amide bonds. The summed E-state index contributed by atoms with van der Waals surface area (Å²) in [6.45, 7) is 7.54. The Hall–Kier alpha value is -0.460. The molecular formula is C14H26ClN3O2S. The molecule has 7 heteroatoms. The van der Waals surface area contributed by atoms with E-state index in [0.29, 0.717) is 11.6 Å². The maximum atomic E-state index is 12.7. The molecule has 0 aromatic carbocycles. The van der Waals surface area contributed by atoms with Gasteiger partial charge in [0, 0.05) is 30.8 Å². The van der Waals surface area contributed by atoms with E-state index in [0.717, 1.165) is 19.5 Å². The Kier molecular flexibility index (Phi) is 6.37. The molecule has 0 aromatic rings. The van der Waals surface area contributed by atoms with Crippen molar-refractivity contribution < 1.29 is 9.59 Å². The number of amides is 2. The highest BCUT2D eigenvalue weighted by Crippen LogP contribution is 2.28. The molecule has 0 spiro atoms. The number of nitrogens with one attached hydrogen (secondary N) is 1. The van der Waals surface area contributed by atoms with Gasteiger partial charge in [0.15, 0.2) is 0 Å². The number of likely N-dealkylation sites (N-methyl/N-ethyl adjacent to an activating group) is 1. The van der Waals surface area contributed by atoms with E-state index in [4.69, 9.17) is 0 Å². The van der Waals surface area contributed by atoms with Gasteiger partial charge >= 0.3 is 0 Å². The summed E-state index contributed by atoms with van der Waals surface area (Å²) in [6.07, 6.45) is 0.995. The van der Waals surface area contributed by atoms with E-state index >= 15 is 0 Å². The van der Waals surface area contributed by atoms with Gasteiger partial charge in [-0.15, -0.1) is 24.2 Å². The van der Waals surface area contributed by atoms with E-state index < -0.39 is 5.41 Å². The van der Waals surface area contributed by atoms with E-state index in [1.807, 2.05) is 32.7 Å². The number of carbonyl (C=O) groups excluding carboxylic acids is 2. The number of carbonyl (C=O) groups is 2. The minimum Gasteiger partial charge on any atom is -0.340 e. The standard InChI is InChI=1S/C14H25N3O2S.ClH/c1-14(2,3)13(19)17-9-20-8-11(17)12(18)16(4)10-5-6-15-7-10;/h10-11,15H,5-9H2,1-4H3;1H. The Labute approximate surface area is 137 Å². The van der Waals surface area contributed by atoms with Crippen LogP contribution in [0.1, 0.15) is 27.2 Å². The van der Waals surface area contributed by atoms with Crippen molar-refractivity contribution in [2.24, 2.45) is 5.41 Å². The van der Waals surface area contributed by atoms with E-state index in [2.05, 4.69) is 5.32 Å². The van der Waals surface area contributed by atoms with Gasteiger partial charge in [0.05, 0.1) is 5.88 Å². The molecule has 2 unspecified atom stereocenters. The zero-order valence-corrected chi connectivity index (χ0v) is 14.9. The number of hydrogen-bond donors (Lipinski definition) is 1. The third-order valence-corrected chi connectivity index (χ3v) is 5.01. The van der Waals surface area contributed by atoms with Crippen LogP contribution in [0.4, 0.5) is 0 Å². The summed E-state index contributed by atoms with van der Waals surface area (Å²) in [6, 6.07) is -0.0305. The largest absolute Gasteiger partial charge is 0.340 e. The molecule has 2 saturated heterocycles. The zero-order valence-electron chi connectivity index (χ0n) is 13.2. The van der Waals surface area contributed by atoms with Crippen molar-refractivity contribution in [3.8, 4) is 0 Å². The van der Waals surface area contributed by atoms with Gasteiger partial charge in [-0.2, -0.15) is 0 Å². The van der Waals surface area contributed by atoms with E-state index in [1.54, 1.807) is 16.7 Å². The summed E-state index contributed by atoms with van der Waals surface area (Å²) in [5.41, 5.74) is -0.434. The van der Waals surface area contributed by atoms with Crippen molar-refractivity contribution in [3.63, 3.8) is 0 Å². The summed E-state index contributed by atoms with van der Waals surface area (Å²) in [7, 11) is 1.86. The normalized spacial score (nSPS) is 25.6. The van der Waals surface area contributed by atoms with Gasteiger partial charge in [-0.1, -0.05) is 20.8 Å². The van der Waals surface area contributed by atoms with Crippen molar-refractivity contribution in [1.29, 1.82) is 0 Å². The maximum absolute atomic E-state index is 12.7. The fourth-order valence-electron chi connectivity index (χ4n) is 2.66. The minimum absolute atomic E-state index is 0. The predicted molar refractivity (Wildman–Crippen MR) is 88.7 cm³/mol. The number of thioether (sulfide) groups is 1. The van der Waals surface area contributed by atoms with Gasteiger partial charge in [-0.25, -0.2) is 0 Å². The molecule has 2 aliphatic heterocycles. The van der Waals surface area contributed by atoms with Crippen molar-refractivity contribution in [3.05, 3.63) is 0 Å². The molecular weight excluding hydrogens is 310 g/mol. The fraction of sp³-hybridized carbons (Fsp3) is 0.857. The molecule has 1 N–H and O–H groups in total. The average molecular weight is 336 g/mol. The SMILES string of the molecule is CN(C(=O)C1CSCN1C(=O)C(C)(C)C)C1CCNC1.Cl. The second-order valence-electron chi connectivity index (χ2n) is 6.64. The third-order valence-electron chi connectivity index (χ3n) is 4.00. The van der Waals surface area contributed by atoms with Crippen LogP contribution < -0.4 is 5.32 Å². The van der Waals surface area contributed by atoms with Crippen LogP contribution in [0.2, 0.25) is 0 Å². The summed E-state index contributed by atoms with van der Waals surface area (Å²) in [5, 5.41) is 3.28. The number of rotatable bonds is 2.